The van der Waals surface area contributed by atoms with Crippen LogP contribution in [0.25, 0.3) is 22.2 Å². The Morgan fingerprint density at radius 1 is 1.07 bits per heavy atom. The number of carbonyl (C=O) groups is 4. The minimum atomic E-state index is -1.10. The molecule has 4 N–H and O–H groups in total. The van der Waals surface area contributed by atoms with Gasteiger partial charge in [0.15, 0.2) is 0 Å². The molecule has 2 aromatic carbocycles. The number of ether oxygens (including phenoxy) is 3. The van der Waals surface area contributed by atoms with Crippen LogP contribution in [0.15, 0.2) is 54.6 Å². The number of amides is 4. The van der Waals surface area contributed by atoms with E-state index in [2.05, 4.69) is 10.6 Å². The van der Waals surface area contributed by atoms with Crippen LogP contribution in [0.4, 0.5) is 4.79 Å². The zero-order valence-electron chi connectivity index (χ0n) is 27.2. The van der Waals surface area contributed by atoms with Crippen LogP contribution in [0.5, 0.6) is 11.5 Å². The predicted molar refractivity (Wildman–Crippen MR) is 173 cm³/mol. The molecule has 3 atom stereocenters. The monoisotopic (exact) mass is 633 g/mol. The Morgan fingerprint density at radius 2 is 1.78 bits per heavy atom. The SMILES string of the molecule is COc1ccc2c(O[C@@H]3C[C@@H](C(N)=O)N(C(=O)[C@H](CCNC(=O)C(C)C)NC(=O)OC(C)(C)C)C3)cc(-c3ccccc3)nc2c1. The molecular weight excluding hydrogens is 590 g/mol. The van der Waals surface area contributed by atoms with E-state index >= 15 is 0 Å². The summed E-state index contributed by atoms with van der Waals surface area (Å²) in [7, 11) is 1.58. The van der Waals surface area contributed by atoms with Crippen molar-refractivity contribution in [1.82, 2.24) is 20.5 Å². The van der Waals surface area contributed by atoms with E-state index < -0.39 is 41.7 Å². The number of alkyl carbamates (subject to hydrolysis) is 1. The first-order valence-electron chi connectivity index (χ1n) is 15.3. The standard InChI is InChI=1S/C34H43N5O7/c1-20(2)31(41)36-15-14-25(38-33(43)46-34(3,4)5)32(42)39-19-23(17-28(39)30(35)40)45-29-18-26(21-10-8-7-9-11-21)37-27-16-22(44-6)12-13-24(27)29/h7-13,16,18,20,23,25,28H,14-15,17,19H2,1-6H3,(H2,35,40)(H,36,41)(H,38,43)/t23-,25+,28+/m1/s1. The zero-order chi connectivity index (χ0) is 33.6. The number of aromatic nitrogens is 1. The van der Waals surface area contributed by atoms with Crippen LogP contribution in [0.2, 0.25) is 0 Å². The van der Waals surface area contributed by atoms with E-state index in [1.807, 2.05) is 48.5 Å². The molecule has 0 saturated carbocycles. The summed E-state index contributed by atoms with van der Waals surface area (Å²) >= 11 is 0. The molecule has 0 spiro atoms. The van der Waals surface area contributed by atoms with Crippen molar-refractivity contribution in [3.8, 4) is 22.8 Å². The number of hydrogen-bond donors (Lipinski definition) is 3. The number of pyridine rings is 1. The fourth-order valence-corrected chi connectivity index (χ4v) is 5.18. The van der Waals surface area contributed by atoms with Crippen molar-refractivity contribution in [2.24, 2.45) is 11.7 Å². The van der Waals surface area contributed by atoms with E-state index in [4.69, 9.17) is 24.9 Å². The van der Waals surface area contributed by atoms with Crippen LogP contribution >= 0.6 is 0 Å². The van der Waals surface area contributed by atoms with Crippen LogP contribution in [-0.2, 0) is 19.1 Å². The zero-order valence-corrected chi connectivity index (χ0v) is 27.2. The number of nitrogens with two attached hydrogens (primary N) is 1. The summed E-state index contributed by atoms with van der Waals surface area (Å²) in [6.45, 7) is 8.79. The number of hydrogen-bond acceptors (Lipinski definition) is 8. The highest BCUT2D eigenvalue weighted by atomic mass is 16.6. The van der Waals surface area contributed by atoms with Gasteiger partial charge in [0, 0.05) is 42.0 Å². The molecule has 1 fully saturated rings. The Hall–Kier alpha value is -4.87. The van der Waals surface area contributed by atoms with Gasteiger partial charge in [0.25, 0.3) is 0 Å². The van der Waals surface area contributed by atoms with Gasteiger partial charge in [-0.1, -0.05) is 44.2 Å². The fraction of sp³-hybridized carbons (Fsp3) is 0.441. The van der Waals surface area contributed by atoms with E-state index in [0.29, 0.717) is 22.7 Å². The molecule has 3 aromatic rings. The van der Waals surface area contributed by atoms with Gasteiger partial charge in [-0.25, -0.2) is 9.78 Å². The first-order valence-corrected chi connectivity index (χ1v) is 15.3. The largest absolute Gasteiger partial charge is 0.497 e. The van der Waals surface area contributed by atoms with Crippen LogP contribution in [0.1, 0.15) is 47.5 Å². The molecule has 4 amide bonds. The lowest BCUT2D eigenvalue weighted by Crippen LogP contribution is -2.54. The minimum Gasteiger partial charge on any atom is -0.497 e. The molecule has 12 nitrogen and oxygen atoms in total. The van der Waals surface area contributed by atoms with Gasteiger partial charge in [0.1, 0.15) is 35.3 Å². The number of fused-ring (bicyclic) bond motifs is 1. The lowest BCUT2D eigenvalue weighted by Gasteiger charge is -2.29. The van der Waals surface area contributed by atoms with E-state index in [0.717, 1.165) is 10.9 Å². The third kappa shape index (κ3) is 8.64. The third-order valence-corrected chi connectivity index (χ3v) is 7.46. The molecule has 12 heteroatoms. The Balaban J connectivity index is 1.61. The van der Waals surface area contributed by atoms with Gasteiger partial charge in [0.2, 0.25) is 17.7 Å². The molecule has 46 heavy (non-hydrogen) atoms. The molecule has 1 saturated heterocycles. The molecule has 4 rings (SSSR count). The highest BCUT2D eigenvalue weighted by Crippen LogP contribution is 2.34. The predicted octanol–water partition coefficient (Wildman–Crippen LogP) is 3.80. The fourth-order valence-electron chi connectivity index (χ4n) is 5.18. The topological polar surface area (TPSA) is 162 Å². The lowest BCUT2D eigenvalue weighted by atomic mass is 10.1. The summed E-state index contributed by atoms with van der Waals surface area (Å²) in [6, 6.07) is 14.9. The molecule has 0 radical (unpaired) electrons. The van der Waals surface area contributed by atoms with Crippen molar-refractivity contribution < 1.29 is 33.4 Å². The van der Waals surface area contributed by atoms with Crippen molar-refractivity contribution in [2.45, 2.75) is 71.2 Å². The number of nitrogens with zero attached hydrogens (tertiary/aromatic N) is 2. The van der Waals surface area contributed by atoms with Gasteiger partial charge in [0.05, 0.1) is 24.9 Å². The molecule has 0 bridgehead atoms. The van der Waals surface area contributed by atoms with Gasteiger partial charge < -0.3 is 35.5 Å². The number of rotatable bonds is 11. The molecule has 0 aliphatic carbocycles. The molecular formula is C34H43N5O7. The van der Waals surface area contributed by atoms with E-state index in [1.165, 1.54) is 4.90 Å². The van der Waals surface area contributed by atoms with Crippen molar-refractivity contribution in [3.63, 3.8) is 0 Å². The van der Waals surface area contributed by atoms with Crippen LogP contribution in [0.3, 0.4) is 0 Å². The van der Waals surface area contributed by atoms with Crippen molar-refractivity contribution in [2.75, 3.05) is 20.2 Å². The van der Waals surface area contributed by atoms with Gasteiger partial charge in [-0.3, -0.25) is 14.4 Å². The quantitative estimate of drug-likeness (QED) is 0.287. The summed E-state index contributed by atoms with van der Waals surface area (Å²) < 4.78 is 17.3. The highest BCUT2D eigenvalue weighted by Gasteiger charge is 2.42. The van der Waals surface area contributed by atoms with E-state index in [1.54, 1.807) is 47.8 Å². The van der Waals surface area contributed by atoms with Crippen molar-refractivity contribution >= 4 is 34.7 Å². The smallest absolute Gasteiger partial charge is 0.408 e. The van der Waals surface area contributed by atoms with Crippen molar-refractivity contribution in [3.05, 3.63) is 54.6 Å². The lowest BCUT2D eigenvalue weighted by molar-refractivity contribution is -0.139. The second-order valence-corrected chi connectivity index (χ2v) is 12.6. The molecule has 1 aliphatic rings. The van der Waals surface area contributed by atoms with E-state index in [9.17, 15) is 19.2 Å². The average Bonchev–Trinajstić information content (AvgIpc) is 3.43. The highest BCUT2D eigenvalue weighted by molar-refractivity contribution is 5.92. The van der Waals surface area contributed by atoms with Gasteiger partial charge in [-0.15, -0.1) is 0 Å². The molecule has 246 valence electrons. The normalized spacial score (nSPS) is 17.0. The summed E-state index contributed by atoms with van der Waals surface area (Å²) in [5, 5.41) is 6.12. The van der Waals surface area contributed by atoms with Crippen LogP contribution in [0, 0.1) is 5.92 Å². The molecule has 2 heterocycles. The number of likely N-dealkylation sites (tertiary alicyclic amines) is 1. The Bertz CT molecular complexity index is 1570. The van der Waals surface area contributed by atoms with Crippen molar-refractivity contribution in [1.29, 1.82) is 0 Å². The maximum atomic E-state index is 13.9. The summed E-state index contributed by atoms with van der Waals surface area (Å²) in [5.41, 5.74) is 7.19. The maximum absolute atomic E-state index is 13.9. The number of methoxy groups -OCH3 is 1. The number of nitrogens with one attached hydrogen (secondary N) is 2. The Kier molecular flexibility index (Phi) is 10.7. The molecule has 1 aliphatic heterocycles. The third-order valence-electron chi connectivity index (χ3n) is 7.46. The Labute approximate surface area is 269 Å². The molecule has 0 unspecified atom stereocenters. The number of carbonyl (C=O) groups excluding carboxylic acids is 4. The summed E-state index contributed by atoms with van der Waals surface area (Å²) in [5.74, 6) is -0.516. The maximum Gasteiger partial charge on any atom is 0.408 e. The first-order chi connectivity index (χ1) is 21.8. The summed E-state index contributed by atoms with van der Waals surface area (Å²) in [4.78, 5) is 57.6. The van der Waals surface area contributed by atoms with E-state index in [-0.39, 0.29) is 37.8 Å². The Morgan fingerprint density at radius 3 is 2.41 bits per heavy atom. The first kappa shape index (κ1) is 34.0. The minimum absolute atomic E-state index is 0.0396. The summed E-state index contributed by atoms with van der Waals surface area (Å²) in [6.07, 6.45) is -1.18. The van der Waals surface area contributed by atoms with Crippen LogP contribution < -0.4 is 25.8 Å². The molecule has 1 aromatic heterocycles. The van der Waals surface area contributed by atoms with Gasteiger partial charge >= 0.3 is 6.09 Å². The number of benzene rings is 2. The number of primary amides is 1. The second kappa shape index (κ2) is 14.5. The second-order valence-electron chi connectivity index (χ2n) is 12.6. The average molecular weight is 634 g/mol. The van der Waals surface area contributed by atoms with Gasteiger partial charge in [-0.05, 0) is 39.3 Å². The van der Waals surface area contributed by atoms with Gasteiger partial charge in [-0.2, -0.15) is 0 Å². The van der Waals surface area contributed by atoms with Crippen LogP contribution in [-0.4, -0.2) is 77.7 Å².